The van der Waals surface area contributed by atoms with E-state index in [9.17, 15) is 14.4 Å². The summed E-state index contributed by atoms with van der Waals surface area (Å²) in [6.07, 6.45) is 1.45. The Bertz CT molecular complexity index is 808. The zero-order chi connectivity index (χ0) is 18.5. The molecule has 1 aliphatic rings. The van der Waals surface area contributed by atoms with Gasteiger partial charge in [-0.15, -0.1) is 0 Å². The van der Waals surface area contributed by atoms with E-state index in [-0.39, 0.29) is 18.0 Å². The molecule has 1 aromatic carbocycles. The summed E-state index contributed by atoms with van der Waals surface area (Å²) >= 11 is 0. The Labute approximate surface area is 150 Å². The second-order valence-electron chi connectivity index (χ2n) is 5.56. The van der Waals surface area contributed by atoms with E-state index in [4.69, 9.17) is 4.74 Å². The number of pyridine rings is 1. The molecule has 1 fully saturated rings. The molecule has 1 atom stereocenters. The highest BCUT2D eigenvalue weighted by Gasteiger charge is 2.39. The van der Waals surface area contributed by atoms with Crippen molar-refractivity contribution in [1.29, 1.82) is 0 Å². The van der Waals surface area contributed by atoms with Gasteiger partial charge in [0.1, 0.15) is 17.5 Å². The van der Waals surface area contributed by atoms with Crippen molar-refractivity contribution in [3.63, 3.8) is 0 Å². The summed E-state index contributed by atoms with van der Waals surface area (Å²) in [7, 11) is 0. The Kier molecular flexibility index (Phi) is 5.23. The van der Waals surface area contributed by atoms with Crippen LogP contribution in [0.25, 0.3) is 0 Å². The summed E-state index contributed by atoms with van der Waals surface area (Å²) in [6, 6.07) is 10.8. The molecule has 0 radical (unpaired) electrons. The number of rotatable bonds is 6. The van der Waals surface area contributed by atoms with Gasteiger partial charge in [0.2, 0.25) is 5.91 Å². The predicted octanol–water partition coefficient (Wildman–Crippen LogP) is 1.05. The highest BCUT2D eigenvalue weighted by molar-refractivity contribution is 6.22. The average Bonchev–Trinajstić information content (AvgIpc) is 2.95. The maximum absolute atomic E-state index is 12.5. The molecule has 1 unspecified atom stereocenters. The number of ether oxygens (including phenoxy) is 1. The molecule has 2 N–H and O–H groups in total. The van der Waals surface area contributed by atoms with Gasteiger partial charge < -0.3 is 4.74 Å². The van der Waals surface area contributed by atoms with Crippen molar-refractivity contribution in [3.05, 3.63) is 54.4 Å². The molecule has 0 aliphatic carbocycles. The van der Waals surface area contributed by atoms with Crippen LogP contribution in [0.15, 0.2) is 48.7 Å². The third-order valence-electron chi connectivity index (χ3n) is 3.81. The lowest BCUT2D eigenvalue weighted by Gasteiger charge is -2.16. The van der Waals surface area contributed by atoms with Crippen LogP contribution in [0.2, 0.25) is 0 Å². The minimum absolute atomic E-state index is 0.0471. The highest BCUT2D eigenvalue weighted by atomic mass is 16.5. The van der Waals surface area contributed by atoms with Crippen molar-refractivity contribution >= 4 is 23.4 Å². The van der Waals surface area contributed by atoms with Gasteiger partial charge >= 0.3 is 0 Å². The number of hydrazine groups is 1. The minimum atomic E-state index is -0.832. The van der Waals surface area contributed by atoms with Gasteiger partial charge in [0, 0.05) is 6.20 Å². The summed E-state index contributed by atoms with van der Waals surface area (Å²) in [5.74, 6) is -0.595. The number of anilines is 1. The number of hydrogen-bond acceptors (Lipinski definition) is 6. The number of imide groups is 1. The molecule has 2 heterocycles. The largest absolute Gasteiger partial charge is 0.494 e. The number of carbonyl (C=O) groups is 3. The number of hydrogen-bond donors (Lipinski definition) is 2. The zero-order valence-electron chi connectivity index (χ0n) is 14.1. The van der Waals surface area contributed by atoms with Crippen molar-refractivity contribution in [3.8, 4) is 5.75 Å². The lowest BCUT2D eigenvalue weighted by molar-refractivity contribution is -0.121. The second kappa shape index (κ2) is 7.75. The molecule has 26 heavy (non-hydrogen) atoms. The van der Waals surface area contributed by atoms with Crippen molar-refractivity contribution in [2.45, 2.75) is 19.4 Å². The first-order valence-electron chi connectivity index (χ1n) is 8.16. The fourth-order valence-corrected chi connectivity index (χ4v) is 2.59. The molecule has 0 bridgehead atoms. The van der Waals surface area contributed by atoms with Gasteiger partial charge in [-0.1, -0.05) is 6.07 Å². The van der Waals surface area contributed by atoms with Crippen molar-refractivity contribution < 1.29 is 19.1 Å². The van der Waals surface area contributed by atoms with Crippen LogP contribution in [0.3, 0.4) is 0 Å². The summed E-state index contributed by atoms with van der Waals surface area (Å²) in [5.41, 5.74) is 5.70. The van der Waals surface area contributed by atoms with E-state index >= 15 is 0 Å². The molecule has 134 valence electrons. The van der Waals surface area contributed by atoms with E-state index in [0.29, 0.717) is 18.0 Å². The van der Waals surface area contributed by atoms with E-state index in [1.165, 1.54) is 6.20 Å². The molecular formula is C18H18N4O4. The van der Waals surface area contributed by atoms with Crippen molar-refractivity contribution in [2.75, 3.05) is 11.5 Å². The predicted molar refractivity (Wildman–Crippen MR) is 93.3 cm³/mol. The molecule has 8 nitrogen and oxygen atoms in total. The third-order valence-corrected chi connectivity index (χ3v) is 3.81. The summed E-state index contributed by atoms with van der Waals surface area (Å²) in [6.45, 7) is 2.40. The highest BCUT2D eigenvalue weighted by Crippen LogP contribution is 2.25. The zero-order valence-corrected chi connectivity index (χ0v) is 14.1. The number of aromatic nitrogens is 1. The van der Waals surface area contributed by atoms with Gasteiger partial charge in [-0.2, -0.15) is 0 Å². The van der Waals surface area contributed by atoms with E-state index in [2.05, 4.69) is 15.8 Å². The van der Waals surface area contributed by atoms with E-state index in [0.717, 1.165) is 4.90 Å². The number of amides is 3. The summed E-state index contributed by atoms with van der Waals surface area (Å²) in [5, 5.41) is 0. The number of benzene rings is 1. The molecule has 8 heteroatoms. The lowest BCUT2D eigenvalue weighted by atomic mass is 10.2. The molecule has 2 aromatic rings. The second-order valence-corrected chi connectivity index (χ2v) is 5.56. The van der Waals surface area contributed by atoms with Gasteiger partial charge in [0.05, 0.1) is 18.7 Å². The number of nitrogens with zero attached hydrogens (tertiary/aromatic N) is 2. The number of carbonyl (C=O) groups excluding carboxylic acids is 3. The molecule has 1 aliphatic heterocycles. The Morgan fingerprint density at radius 2 is 2.00 bits per heavy atom. The van der Waals surface area contributed by atoms with E-state index in [1.54, 1.807) is 42.5 Å². The standard InChI is InChI=1S/C18H18N4O4/c1-2-26-13-8-6-12(7-9-13)22-16(23)11-15(18(22)25)20-21-17(24)14-5-3-4-10-19-14/h3-10,15,20H,2,11H2,1H3,(H,21,24). The first-order valence-corrected chi connectivity index (χ1v) is 8.16. The average molecular weight is 354 g/mol. The molecule has 3 amide bonds. The van der Waals surface area contributed by atoms with Gasteiger partial charge in [0.15, 0.2) is 0 Å². The quantitative estimate of drug-likeness (QED) is 0.594. The Hall–Kier alpha value is -3.26. The fourth-order valence-electron chi connectivity index (χ4n) is 2.59. The Morgan fingerprint density at radius 3 is 2.65 bits per heavy atom. The van der Waals surface area contributed by atoms with Crippen LogP contribution in [0.5, 0.6) is 5.75 Å². The smallest absolute Gasteiger partial charge is 0.283 e. The third kappa shape index (κ3) is 3.70. The topological polar surface area (TPSA) is 101 Å². The van der Waals surface area contributed by atoms with Crippen LogP contribution in [-0.4, -0.2) is 35.4 Å². The first-order chi connectivity index (χ1) is 12.6. The van der Waals surface area contributed by atoms with Crippen LogP contribution in [0.4, 0.5) is 5.69 Å². The van der Waals surface area contributed by atoms with Gasteiger partial charge in [-0.05, 0) is 43.3 Å². The monoisotopic (exact) mass is 354 g/mol. The van der Waals surface area contributed by atoms with E-state index < -0.39 is 17.9 Å². The fraction of sp³-hybridized carbons (Fsp3) is 0.222. The molecule has 3 rings (SSSR count). The van der Waals surface area contributed by atoms with Crippen molar-refractivity contribution in [2.24, 2.45) is 0 Å². The minimum Gasteiger partial charge on any atom is -0.494 e. The number of nitrogens with one attached hydrogen (secondary N) is 2. The molecule has 0 spiro atoms. The Morgan fingerprint density at radius 1 is 1.23 bits per heavy atom. The normalized spacial score (nSPS) is 16.7. The SMILES string of the molecule is CCOc1ccc(N2C(=O)CC(NNC(=O)c3ccccn3)C2=O)cc1. The van der Waals surface area contributed by atoms with Gasteiger partial charge in [-0.3, -0.25) is 24.8 Å². The molecular weight excluding hydrogens is 336 g/mol. The lowest BCUT2D eigenvalue weighted by Crippen LogP contribution is -2.48. The Balaban J connectivity index is 1.64. The first kappa shape index (κ1) is 17.6. The van der Waals surface area contributed by atoms with Gasteiger partial charge in [-0.25, -0.2) is 10.3 Å². The van der Waals surface area contributed by atoms with Crippen LogP contribution >= 0.6 is 0 Å². The maximum atomic E-state index is 12.5. The van der Waals surface area contributed by atoms with Crippen LogP contribution < -0.4 is 20.5 Å². The molecule has 1 saturated heterocycles. The summed E-state index contributed by atoms with van der Waals surface area (Å²) < 4.78 is 5.35. The van der Waals surface area contributed by atoms with E-state index in [1.807, 2.05) is 6.92 Å². The van der Waals surface area contributed by atoms with Crippen LogP contribution in [0, 0.1) is 0 Å². The van der Waals surface area contributed by atoms with Gasteiger partial charge in [0.25, 0.3) is 11.8 Å². The van der Waals surface area contributed by atoms with Crippen LogP contribution in [0.1, 0.15) is 23.8 Å². The van der Waals surface area contributed by atoms with Crippen LogP contribution in [-0.2, 0) is 9.59 Å². The maximum Gasteiger partial charge on any atom is 0.283 e. The summed E-state index contributed by atoms with van der Waals surface area (Å²) in [4.78, 5) is 41.7. The van der Waals surface area contributed by atoms with Crippen molar-refractivity contribution in [1.82, 2.24) is 15.8 Å². The molecule has 1 aromatic heterocycles. The molecule has 0 saturated carbocycles.